The van der Waals surface area contributed by atoms with Gasteiger partial charge >= 0.3 is 6.09 Å². The van der Waals surface area contributed by atoms with Gasteiger partial charge in [-0.05, 0) is 42.5 Å². The Morgan fingerprint density at radius 2 is 1.77 bits per heavy atom. The normalized spacial score (nSPS) is 10.2. The van der Waals surface area contributed by atoms with Gasteiger partial charge in [-0.25, -0.2) is 14.2 Å². The molecule has 132 valence electrons. The Bertz CT molecular complexity index is 933. The number of carbonyl (C=O) groups is 1. The fraction of sp³-hybridized carbons (Fsp3) is 0. The van der Waals surface area contributed by atoms with Crippen LogP contribution in [0.4, 0.5) is 43.7 Å². The first-order chi connectivity index (χ1) is 12.5. The van der Waals surface area contributed by atoms with Gasteiger partial charge in [-0.15, -0.1) is 0 Å². The summed E-state index contributed by atoms with van der Waals surface area (Å²) in [6.07, 6.45) is 0.273. The average molecular weight is 354 g/mol. The molecule has 0 saturated heterocycles. The number of benzene rings is 2. The Balaban J connectivity index is 1.79. The SMILES string of the molecule is Nc1cnc(Nc2ccc(F)cc2)nc1Nc1cccc(NC(=O)O)c1. The Hall–Kier alpha value is -3.88. The van der Waals surface area contributed by atoms with Crippen LogP contribution in [0, 0.1) is 5.82 Å². The van der Waals surface area contributed by atoms with Crippen LogP contribution in [0.3, 0.4) is 0 Å². The van der Waals surface area contributed by atoms with Crippen LogP contribution in [0.15, 0.2) is 54.7 Å². The predicted molar refractivity (Wildman–Crippen MR) is 97.5 cm³/mol. The van der Waals surface area contributed by atoms with E-state index in [-0.39, 0.29) is 11.8 Å². The molecule has 0 aliphatic rings. The lowest BCUT2D eigenvalue weighted by Gasteiger charge is -2.11. The highest BCUT2D eigenvalue weighted by Gasteiger charge is 2.07. The van der Waals surface area contributed by atoms with Crippen LogP contribution in [0.2, 0.25) is 0 Å². The summed E-state index contributed by atoms with van der Waals surface area (Å²) in [6.45, 7) is 0. The predicted octanol–water partition coefficient (Wildman–Crippen LogP) is 3.78. The van der Waals surface area contributed by atoms with Crippen molar-refractivity contribution < 1.29 is 14.3 Å². The molecule has 9 heteroatoms. The summed E-state index contributed by atoms with van der Waals surface area (Å²) in [6, 6.07) is 12.4. The van der Waals surface area contributed by atoms with Gasteiger partial charge in [0.15, 0.2) is 5.82 Å². The molecule has 0 spiro atoms. The van der Waals surface area contributed by atoms with Crippen molar-refractivity contribution in [2.24, 2.45) is 0 Å². The summed E-state index contributed by atoms with van der Waals surface area (Å²) >= 11 is 0. The van der Waals surface area contributed by atoms with Gasteiger partial charge in [-0.3, -0.25) is 5.32 Å². The molecule has 2 aromatic carbocycles. The molecule has 6 N–H and O–H groups in total. The molecular formula is C17H15FN6O2. The number of amides is 1. The first-order valence-corrected chi connectivity index (χ1v) is 7.52. The van der Waals surface area contributed by atoms with E-state index in [1.807, 2.05) is 0 Å². The minimum atomic E-state index is -1.16. The molecule has 3 rings (SSSR count). The molecule has 0 fully saturated rings. The maximum Gasteiger partial charge on any atom is 0.409 e. The van der Waals surface area contributed by atoms with E-state index in [0.29, 0.717) is 28.6 Å². The maximum absolute atomic E-state index is 13.0. The van der Waals surface area contributed by atoms with Gasteiger partial charge in [-0.2, -0.15) is 4.98 Å². The summed E-state index contributed by atoms with van der Waals surface area (Å²) in [4.78, 5) is 19.1. The van der Waals surface area contributed by atoms with Crippen molar-refractivity contribution >= 4 is 40.6 Å². The number of aromatic nitrogens is 2. The van der Waals surface area contributed by atoms with E-state index < -0.39 is 6.09 Å². The second kappa shape index (κ2) is 7.34. The lowest BCUT2D eigenvalue weighted by molar-refractivity contribution is 0.210. The van der Waals surface area contributed by atoms with Crippen molar-refractivity contribution in [2.75, 3.05) is 21.7 Å². The zero-order chi connectivity index (χ0) is 18.5. The molecule has 0 bridgehead atoms. The molecule has 0 aliphatic carbocycles. The fourth-order valence-electron chi connectivity index (χ4n) is 2.15. The van der Waals surface area contributed by atoms with E-state index in [1.165, 1.54) is 18.3 Å². The number of rotatable bonds is 5. The number of nitrogens with one attached hydrogen (secondary N) is 3. The van der Waals surface area contributed by atoms with Gasteiger partial charge in [0, 0.05) is 17.1 Å². The molecule has 0 saturated carbocycles. The first-order valence-electron chi connectivity index (χ1n) is 7.52. The number of nitrogens with two attached hydrogens (primary N) is 1. The largest absolute Gasteiger partial charge is 0.465 e. The molecule has 3 aromatic rings. The molecule has 0 unspecified atom stereocenters. The topological polar surface area (TPSA) is 125 Å². The number of nitrogen functional groups attached to an aromatic ring is 1. The number of hydrogen-bond acceptors (Lipinski definition) is 6. The zero-order valence-electron chi connectivity index (χ0n) is 13.4. The van der Waals surface area contributed by atoms with Crippen molar-refractivity contribution in [3.05, 3.63) is 60.5 Å². The Kier molecular flexibility index (Phi) is 4.79. The standard InChI is InChI=1S/C17H15FN6O2/c18-10-4-6-11(7-5-10)22-16-20-9-14(19)15(24-16)21-12-2-1-3-13(8-12)23-17(25)26/h1-9,23H,19H2,(H,25,26)(H2,20,21,22,24). The Morgan fingerprint density at radius 3 is 2.50 bits per heavy atom. The van der Waals surface area contributed by atoms with E-state index in [1.54, 1.807) is 36.4 Å². The van der Waals surface area contributed by atoms with Crippen molar-refractivity contribution in [2.45, 2.75) is 0 Å². The molecule has 0 aliphatic heterocycles. The van der Waals surface area contributed by atoms with Crippen LogP contribution in [0.25, 0.3) is 0 Å². The third-order valence-electron chi connectivity index (χ3n) is 3.29. The van der Waals surface area contributed by atoms with E-state index >= 15 is 0 Å². The minimum Gasteiger partial charge on any atom is -0.465 e. The molecule has 0 radical (unpaired) electrons. The molecule has 1 heterocycles. The van der Waals surface area contributed by atoms with Crippen LogP contribution in [0.5, 0.6) is 0 Å². The Morgan fingerprint density at radius 1 is 1.04 bits per heavy atom. The molecular weight excluding hydrogens is 339 g/mol. The summed E-state index contributed by atoms with van der Waals surface area (Å²) in [5.41, 5.74) is 7.82. The van der Waals surface area contributed by atoms with Crippen LogP contribution >= 0.6 is 0 Å². The van der Waals surface area contributed by atoms with Gasteiger partial charge in [0.25, 0.3) is 0 Å². The zero-order valence-corrected chi connectivity index (χ0v) is 13.4. The molecule has 8 nitrogen and oxygen atoms in total. The Labute approximate surface area is 147 Å². The van der Waals surface area contributed by atoms with E-state index in [9.17, 15) is 9.18 Å². The minimum absolute atomic E-state index is 0.271. The molecule has 26 heavy (non-hydrogen) atoms. The number of carboxylic acid groups (broad SMARTS) is 1. The van der Waals surface area contributed by atoms with Crippen molar-refractivity contribution in [3.63, 3.8) is 0 Å². The first kappa shape index (κ1) is 17.0. The monoisotopic (exact) mass is 354 g/mol. The van der Waals surface area contributed by atoms with E-state index in [4.69, 9.17) is 10.8 Å². The van der Waals surface area contributed by atoms with Gasteiger partial charge in [0.2, 0.25) is 5.95 Å². The highest BCUT2D eigenvalue weighted by atomic mass is 19.1. The van der Waals surface area contributed by atoms with Crippen molar-refractivity contribution in [1.29, 1.82) is 0 Å². The number of nitrogens with zero attached hydrogens (tertiary/aromatic N) is 2. The van der Waals surface area contributed by atoms with Crippen LogP contribution in [0.1, 0.15) is 0 Å². The van der Waals surface area contributed by atoms with Crippen LogP contribution in [-0.2, 0) is 0 Å². The van der Waals surface area contributed by atoms with Crippen molar-refractivity contribution in [3.8, 4) is 0 Å². The number of halogens is 1. The summed E-state index contributed by atoms with van der Waals surface area (Å²) in [7, 11) is 0. The van der Waals surface area contributed by atoms with Gasteiger partial charge < -0.3 is 21.5 Å². The van der Waals surface area contributed by atoms with Gasteiger partial charge in [0.05, 0.1) is 11.9 Å². The van der Waals surface area contributed by atoms with Crippen LogP contribution < -0.4 is 21.7 Å². The van der Waals surface area contributed by atoms with E-state index in [2.05, 4.69) is 25.9 Å². The quantitative estimate of drug-likeness (QED) is 0.472. The van der Waals surface area contributed by atoms with Gasteiger partial charge in [-0.1, -0.05) is 6.07 Å². The second-order valence-electron chi connectivity index (χ2n) is 5.27. The summed E-state index contributed by atoms with van der Waals surface area (Å²) < 4.78 is 13.0. The molecule has 1 amide bonds. The lowest BCUT2D eigenvalue weighted by Crippen LogP contribution is -2.08. The third kappa shape index (κ3) is 4.35. The fourth-order valence-corrected chi connectivity index (χ4v) is 2.15. The molecule has 1 aromatic heterocycles. The second-order valence-corrected chi connectivity index (χ2v) is 5.27. The average Bonchev–Trinajstić information content (AvgIpc) is 2.60. The van der Waals surface area contributed by atoms with Gasteiger partial charge in [0.1, 0.15) is 5.82 Å². The molecule has 0 atom stereocenters. The third-order valence-corrected chi connectivity index (χ3v) is 3.29. The van der Waals surface area contributed by atoms with Crippen molar-refractivity contribution in [1.82, 2.24) is 9.97 Å². The highest BCUT2D eigenvalue weighted by Crippen LogP contribution is 2.24. The highest BCUT2D eigenvalue weighted by molar-refractivity contribution is 5.84. The summed E-state index contributed by atoms with van der Waals surface area (Å²) in [5, 5.41) is 17.0. The smallest absolute Gasteiger partial charge is 0.409 e. The summed E-state index contributed by atoms with van der Waals surface area (Å²) in [5.74, 6) is 0.274. The maximum atomic E-state index is 13.0. The number of anilines is 6. The number of hydrogen-bond donors (Lipinski definition) is 5. The van der Waals surface area contributed by atoms with E-state index in [0.717, 1.165) is 0 Å². The lowest BCUT2D eigenvalue weighted by atomic mass is 10.2. The van der Waals surface area contributed by atoms with Crippen LogP contribution in [-0.4, -0.2) is 21.2 Å².